The largest absolute Gasteiger partial charge is 0.353 e. The number of nitrogens with zero attached hydrogens (tertiary/aromatic N) is 4. The zero-order chi connectivity index (χ0) is 20.9. The molecule has 0 amide bonds. The van der Waals surface area contributed by atoms with E-state index in [4.69, 9.17) is 0 Å². The van der Waals surface area contributed by atoms with Crippen LogP contribution >= 0.6 is 0 Å². The van der Waals surface area contributed by atoms with Crippen LogP contribution in [0, 0.1) is 16.0 Å². The quantitative estimate of drug-likeness (QED) is 0.469. The lowest BCUT2D eigenvalue weighted by atomic mass is 9.98. The monoisotopic (exact) mass is 403 g/mol. The third-order valence-electron chi connectivity index (χ3n) is 5.49. The van der Waals surface area contributed by atoms with E-state index in [1.54, 1.807) is 0 Å². The molecule has 7 heteroatoms. The molecule has 0 aliphatic carbocycles. The van der Waals surface area contributed by atoms with E-state index in [2.05, 4.69) is 22.2 Å². The standard InChI is InChI=1S/C23H25N5O2/c1-17-9-8-14-27(15-17)23-21(28(29)30)22(24-16-25-23)26-20(18-10-4-2-5-11-18)19-12-6-3-7-13-19/h2-7,10-13,16-17,20H,8-9,14-15H2,1H3,(H,24,25,26). The number of nitrogens with one attached hydrogen (secondary N) is 1. The van der Waals surface area contributed by atoms with Gasteiger partial charge in [0.15, 0.2) is 0 Å². The Morgan fingerprint density at radius 2 is 1.70 bits per heavy atom. The fourth-order valence-corrected chi connectivity index (χ4v) is 4.04. The molecular formula is C23H25N5O2. The molecule has 0 saturated carbocycles. The van der Waals surface area contributed by atoms with E-state index in [0.717, 1.165) is 37.1 Å². The van der Waals surface area contributed by atoms with Gasteiger partial charge in [0, 0.05) is 13.1 Å². The number of hydrogen-bond acceptors (Lipinski definition) is 6. The summed E-state index contributed by atoms with van der Waals surface area (Å²) in [5.74, 6) is 1.11. The van der Waals surface area contributed by atoms with E-state index < -0.39 is 0 Å². The Bertz CT molecular complexity index is 957. The minimum absolute atomic E-state index is 0.0662. The van der Waals surface area contributed by atoms with Gasteiger partial charge in [-0.25, -0.2) is 9.97 Å². The predicted octanol–water partition coefficient (Wildman–Crippen LogP) is 4.82. The number of anilines is 2. The summed E-state index contributed by atoms with van der Waals surface area (Å²) in [4.78, 5) is 22.3. The number of nitro groups is 1. The van der Waals surface area contributed by atoms with Crippen LogP contribution in [0.15, 0.2) is 67.0 Å². The van der Waals surface area contributed by atoms with Crippen LogP contribution in [-0.4, -0.2) is 28.0 Å². The molecule has 1 aliphatic heterocycles. The minimum Gasteiger partial charge on any atom is -0.353 e. The molecule has 0 spiro atoms. The summed E-state index contributed by atoms with van der Waals surface area (Å²) in [6.45, 7) is 3.69. The van der Waals surface area contributed by atoms with Crippen molar-refractivity contribution in [3.8, 4) is 0 Å². The molecule has 7 nitrogen and oxygen atoms in total. The third-order valence-corrected chi connectivity index (χ3v) is 5.49. The van der Waals surface area contributed by atoms with E-state index in [-0.39, 0.29) is 22.5 Å². The lowest BCUT2D eigenvalue weighted by Crippen LogP contribution is -2.35. The Labute approximate surface area is 175 Å². The number of aromatic nitrogens is 2. The molecule has 154 valence electrons. The van der Waals surface area contributed by atoms with Crippen molar-refractivity contribution in [1.29, 1.82) is 0 Å². The number of hydrogen-bond donors (Lipinski definition) is 1. The zero-order valence-corrected chi connectivity index (χ0v) is 16.9. The molecule has 1 N–H and O–H groups in total. The molecule has 0 bridgehead atoms. The molecule has 0 radical (unpaired) electrons. The molecule has 1 atom stereocenters. The van der Waals surface area contributed by atoms with Gasteiger partial charge in [0.25, 0.3) is 0 Å². The first-order valence-corrected chi connectivity index (χ1v) is 10.2. The Balaban J connectivity index is 1.75. The van der Waals surface area contributed by atoms with Crippen LogP contribution in [0.25, 0.3) is 0 Å². The SMILES string of the molecule is CC1CCCN(c2ncnc(NC(c3ccccc3)c3ccccc3)c2[N+](=O)[O-])C1. The van der Waals surface area contributed by atoms with Gasteiger partial charge in [-0.2, -0.15) is 0 Å². The maximum absolute atomic E-state index is 12.1. The van der Waals surface area contributed by atoms with Crippen LogP contribution in [0.2, 0.25) is 0 Å². The fraction of sp³-hybridized carbons (Fsp3) is 0.304. The van der Waals surface area contributed by atoms with Gasteiger partial charge in [-0.15, -0.1) is 0 Å². The van der Waals surface area contributed by atoms with E-state index >= 15 is 0 Å². The average molecular weight is 403 g/mol. The lowest BCUT2D eigenvalue weighted by molar-refractivity contribution is -0.383. The van der Waals surface area contributed by atoms with E-state index in [1.165, 1.54) is 6.33 Å². The molecule has 1 aromatic heterocycles. The first kappa shape index (κ1) is 19.8. The maximum Gasteiger partial charge on any atom is 0.353 e. The summed E-state index contributed by atoms with van der Waals surface area (Å²) in [6.07, 6.45) is 3.54. The minimum atomic E-state index is -0.371. The van der Waals surface area contributed by atoms with Crippen molar-refractivity contribution in [2.75, 3.05) is 23.3 Å². The van der Waals surface area contributed by atoms with Crippen LogP contribution in [0.1, 0.15) is 36.9 Å². The third kappa shape index (κ3) is 4.25. The molecule has 4 rings (SSSR count). The summed E-state index contributed by atoms with van der Waals surface area (Å²) in [6, 6.07) is 19.5. The van der Waals surface area contributed by atoms with Crippen LogP contribution < -0.4 is 10.2 Å². The van der Waals surface area contributed by atoms with Crippen molar-refractivity contribution in [3.05, 3.63) is 88.2 Å². The topological polar surface area (TPSA) is 84.2 Å². The molecule has 30 heavy (non-hydrogen) atoms. The van der Waals surface area contributed by atoms with Gasteiger partial charge in [-0.05, 0) is 29.9 Å². The first-order valence-electron chi connectivity index (χ1n) is 10.2. The van der Waals surface area contributed by atoms with Crippen LogP contribution in [0.3, 0.4) is 0 Å². The van der Waals surface area contributed by atoms with Gasteiger partial charge in [-0.1, -0.05) is 67.6 Å². The zero-order valence-electron chi connectivity index (χ0n) is 16.9. The van der Waals surface area contributed by atoms with Crippen LogP contribution in [0.4, 0.5) is 17.3 Å². The summed E-state index contributed by atoms with van der Waals surface area (Å²) < 4.78 is 0. The molecular weight excluding hydrogens is 378 g/mol. The summed E-state index contributed by atoms with van der Waals surface area (Å²) in [7, 11) is 0. The Morgan fingerprint density at radius 1 is 1.07 bits per heavy atom. The van der Waals surface area contributed by atoms with Gasteiger partial charge in [0.1, 0.15) is 6.33 Å². The summed E-state index contributed by atoms with van der Waals surface area (Å²) in [5.41, 5.74) is 1.94. The second-order valence-corrected chi connectivity index (χ2v) is 7.74. The van der Waals surface area contributed by atoms with Gasteiger partial charge in [-0.3, -0.25) is 10.1 Å². The number of piperidine rings is 1. The van der Waals surface area contributed by atoms with Gasteiger partial charge < -0.3 is 10.2 Å². The summed E-state index contributed by atoms with van der Waals surface area (Å²) >= 11 is 0. The average Bonchev–Trinajstić information content (AvgIpc) is 2.78. The van der Waals surface area contributed by atoms with Gasteiger partial charge >= 0.3 is 5.69 Å². The number of rotatable bonds is 6. The van der Waals surface area contributed by atoms with Crippen molar-refractivity contribution in [2.45, 2.75) is 25.8 Å². The molecule has 2 heterocycles. The Kier molecular flexibility index (Phi) is 5.88. The summed E-state index contributed by atoms with van der Waals surface area (Å²) in [5, 5.41) is 15.4. The molecule has 1 saturated heterocycles. The van der Waals surface area contributed by atoms with Gasteiger partial charge in [0.05, 0.1) is 11.0 Å². The molecule has 1 fully saturated rings. The van der Waals surface area contributed by atoms with Crippen molar-refractivity contribution in [1.82, 2.24) is 9.97 Å². The smallest absolute Gasteiger partial charge is 0.353 e. The highest BCUT2D eigenvalue weighted by atomic mass is 16.6. The molecule has 1 aliphatic rings. The van der Waals surface area contributed by atoms with Crippen LogP contribution in [0.5, 0.6) is 0 Å². The van der Waals surface area contributed by atoms with E-state index in [1.807, 2.05) is 65.6 Å². The first-order chi connectivity index (χ1) is 14.6. The second-order valence-electron chi connectivity index (χ2n) is 7.74. The van der Waals surface area contributed by atoms with Gasteiger partial charge in [0.2, 0.25) is 11.6 Å². The van der Waals surface area contributed by atoms with Crippen LogP contribution in [-0.2, 0) is 0 Å². The number of benzene rings is 2. The van der Waals surface area contributed by atoms with E-state index in [0.29, 0.717) is 11.7 Å². The van der Waals surface area contributed by atoms with Crippen molar-refractivity contribution in [2.24, 2.45) is 5.92 Å². The lowest BCUT2D eigenvalue weighted by Gasteiger charge is -2.31. The highest BCUT2D eigenvalue weighted by Gasteiger charge is 2.30. The Morgan fingerprint density at radius 3 is 2.27 bits per heavy atom. The van der Waals surface area contributed by atoms with Crippen molar-refractivity contribution < 1.29 is 4.92 Å². The van der Waals surface area contributed by atoms with Crippen molar-refractivity contribution >= 4 is 17.3 Å². The maximum atomic E-state index is 12.1. The molecule has 2 aromatic carbocycles. The van der Waals surface area contributed by atoms with E-state index in [9.17, 15) is 10.1 Å². The highest BCUT2D eigenvalue weighted by molar-refractivity contribution is 5.71. The fourth-order valence-electron chi connectivity index (χ4n) is 4.04. The second kappa shape index (κ2) is 8.90. The highest BCUT2D eigenvalue weighted by Crippen LogP contribution is 2.36. The normalized spacial score (nSPS) is 16.5. The Hall–Kier alpha value is -3.48. The molecule has 3 aromatic rings. The van der Waals surface area contributed by atoms with Crippen molar-refractivity contribution in [3.63, 3.8) is 0 Å². The molecule has 1 unspecified atom stereocenters. The predicted molar refractivity (Wildman–Crippen MR) is 118 cm³/mol.